The van der Waals surface area contributed by atoms with E-state index in [-0.39, 0.29) is 13.2 Å². The van der Waals surface area contributed by atoms with E-state index in [1.807, 2.05) is 0 Å². The Bertz CT molecular complexity index is 195. The van der Waals surface area contributed by atoms with E-state index < -0.39 is 31.0 Å². The number of rotatable bonds is 8. The summed E-state index contributed by atoms with van der Waals surface area (Å²) >= 11 is 0. The Labute approximate surface area is 91.3 Å². The van der Waals surface area contributed by atoms with Gasteiger partial charge in [0, 0.05) is 13.7 Å². The maximum Gasteiger partial charge on any atom is 0.310 e. The quantitative estimate of drug-likeness (QED) is 0.664. The number of hydrogen-bond donors (Lipinski definition) is 1. The highest BCUT2D eigenvalue weighted by atomic mass is 19.3. The zero-order valence-electron chi connectivity index (χ0n) is 9.18. The molecule has 0 bridgehead atoms. The molecule has 1 unspecified atom stereocenters. The summed E-state index contributed by atoms with van der Waals surface area (Å²) in [7, 11) is 1.07. The Hall–Kier alpha value is -0.400. The van der Waals surface area contributed by atoms with Gasteiger partial charge in [0.2, 0.25) is 0 Å². The second kappa shape index (κ2) is 6.36. The molecular formula is C9H16F4O3. The number of methoxy groups -OCH3 is 1. The van der Waals surface area contributed by atoms with E-state index in [9.17, 15) is 17.6 Å². The first-order chi connectivity index (χ1) is 7.33. The molecule has 0 radical (unpaired) electrons. The molecule has 0 saturated heterocycles. The Kier molecular flexibility index (Phi) is 6.20. The minimum Gasteiger partial charge on any atom is -0.393 e. The van der Waals surface area contributed by atoms with Crippen LogP contribution >= 0.6 is 0 Å². The van der Waals surface area contributed by atoms with E-state index in [1.54, 1.807) is 6.92 Å². The summed E-state index contributed by atoms with van der Waals surface area (Å²) in [5, 5.41) is 8.97. The third kappa shape index (κ3) is 4.23. The van der Waals surface area contributed by atoms with Gasteiger partial charge in [-0.3, -0.25) is 0 Å². The normalized spacial score (nSPS) is 16.5. The minimum atomic E-state index is -4.21. The first kappa shape index (κ1) is 15.6. The maximum absolute atomic E-state index is 12.8. The first-order valence-electron chi connectivity index (χ1n) is 4.73. The molecule has 0 aliphatic rings. The van der Waals surface area contributed by atoms with Gasteiger partial charge in [-0.2, -0.15) is 0 Å². The molecule has 0 aliphatic heterocycles. The smallest absolute Gasteiger partial charge is 0.310 e. The van der Waals surface area contributed by atoms with Crippen molar-refractivity contribution in [1.82, 2.24) is 0 Å². The summed E-state index contributed by atoms with van der Waals surface area (Å²) in [5.74, 6) is -4.21. The summed E-state index contributed by atoms with van der Waals surface area (Å²) in [6, 6.07) is 0. The summed E-state index contributed by atoms with van der Waals surface area (Å²) in [5.41, 5.74) is -1.80. The predicted molar refractivity (Wildman–Crippen MR) is 48.9 cm³/mol. The van der Waals surface area contributed by atoms with Gasteiger partial charge in [0.05, 0.1) is 19.6 Å². The van der Waals surface area contributed by atoms with Crippen LogP contribution in [0.4, 0.5) is 17.6 Å². The van der Waals surface area contributed by atoms with Gasteiger partial charge in [0.25, 0.3) is 0 Å². The van der Waals surface area contributed by atoms with E-state index in [2.05, 4.69) is 4.74 Å². The summed E-state index contributed by atoms with van der Waals surface area (Å²) in [6.45, 7) is 0.652. The van der Waals surface area contributed by atoms with E-state index in [4.69, 9.17) is 9.84 Å². The highest BCUT2D eigenvalue weighted by Gasteiger charge is 2.49. The van der Waals surface area contributed by atoms with Crippen molar-refractivity contribution in [3.05, 3.63) is 0 Å². The molecule has 98 valence electrons. The van der Waals surface area contributed by atoms with Crippen LogP contribution in [0.15, 0.2) is 0 Å². The molecule has 0 aromatic carbocycles. The Balaban J connectivity index is 4.65. The lowest BCUT2D eigenvalue weighted by Crippen LogP contribution is -2.48. The second-order valence-electron chi connectivity index (χ2n) is 3.42. The van der Waals surface area contributed by atoms with E-state index in [0.717, 1.165) is 7.11 Å². The summed E-state index contributed by atoms with van der Waals surface area (Å²) in [6.07, 6.45) is -5.08. The van der Waals surface area contributed by atoms with Crippen LogP contribution in [0.25, 0.3) is 0 Å². The van der Waals surface area contributed by atoms with Crippen LogP contribution in [0, 0.1) is 0 Å². The SMILES string of the molecule is CCOCC(CO)(CC(F)(F)C(F)F)OC. The fourth-order valence-corrected chi connectivity index (χ4v) is 1.14. The Morgan fingerprint density at radius 1 is 1.31 bits per heavy atom. The van der Waals surface area contributed by atoms with Gasteiger partial charge in [-0.1, -0.05) is 0 Å². The van der Waals surface area contributed by atoms with Crippen LogP contribution in [-0.4, -0.2) is 50.0 Å². The van der Waals surface area contributed by atoms with Crippen molar-refractivity contribution < 1.29 is 32.1 Å². The van der Waals surface area contributed by atoms with Crippen molar-refractivity contribution in [2.24, 2.45) is 0 Å². The number of alkyl halides is 4. The monoisotopic (exact) mass is 248 g/mol. The molecule has 3 nitrogen and oxygen atoms in total. The maximum atomic E-state index is 12.8. The van der Waals surface area contributed by atoms with Crippen molar-refractivity contribution in [2.75, 3.05) is 26.9 Å². The topological polar surface area (TPSA) is 38.7 Å². The molecule has 0 saturated carbocycles. The van der Waals surface area contributed by atoms with Gasteiger partial charge in [0.15, 0.2) is 0 Å². The number of halogens is 4. The lowest BCUT2D eigenvalue weighted by Gasteiger charge is -2.33. The highest BCUT2D eigenvalue weighted by Crippen LogP contribution is 2.33. The van der Waals surface area contributed by atoms with Crippen LogP contribution in [0.2, 0.25) is 0 Å². The lowest BCUT2D eigenvalue weighted by molar-refractivity contribution is -0.196. The third-order valence-corrected chi connectivity index (χ3v) is 2.17. The van der Waals surface area contributed by atoms with Crippen LogP contribution in [0.5, 0.6) is 0 Å². The zero-order valence-corrected chi connectivity index (χ0v) is 9.18. The summed E-state index contributed by atoms with van der Waals surface area (Å²) < 4.78 is 59.2. The number of ether oxygens (including phenoxy) is 2. The van der Waals surface area contributed by atoms with Gasteiger partial charge in [-0.05, 0) is 6.92 Å². The molecule has 16 heavy (non-hydrogen) atoms. The highest BCUT2D eigenvalue weighted by molar-refractivity contribution is 4.87. The van der Waals surface area contributed by atoms with E-state index in [1.165, 1.54) is 0 Å². The molecule has 1 N–H and O–H groups in total. The molecule has 0 rings (SSSR count). The number of aliphatic hydroxyl groups is 1. The molecule has 0 fully saturated rings. The number of aliphatic hydroxyl groups excluding tert-OH is 1. The number of hydrogen-bond acceptors (Lipinski definition) is 3. The van der Waals surface area contributed by atoms with Crippen LogP contribution in [0.1, 0.15) is 13.3 Å². The van der Waals surface area contributed by atoms with Crippen molar-refractivity contribution in [1.29, 1.82) is 0 Å². The van der Waals surface area contributed by atoms with Gasteiger partial charge in [-0.25, -0.2) is 17.6 Å². The van der Waals surface area contributed by atoms with Gasteiger partial charge in [0.1, 0.15) is 5.60 Å². The molecule has 0 spiro atoms. The van der Waals surface area contributed by atoms with Gasteiger partial charge < -0.3 is 14.6 Å². The Morgan fingerprint density at radius 2 is 1.88 bits per heavy atom. The fourth-order valence-electron chi connectivity index (χ4n) is 1.14. The molecular weight excluding hydrogens is 232 g/mol. The van der Waals surface area contributed by atoms with Crippen LogP contribution in [0.3, 0.4) is 0 Å². The van der Waals surface area contributed by atoms with E-state index >= 15 is 0 Å². The predicted octanol–water partition coefficient (Wildman–Crippen LogP) is 1.69. The molecule has 0 amide bonds. The zero-order chi connectivity index (χ0) is 12.8. The Morgan fingerprint density at radius 3 is 2.19 bits per heavy atom. The van der Waals surface area contributed by atoms with Crippen molar-refractivity contribution in [2.45, 2.75) is 31.3 Å². The second-order valence-corrected chi connectivity index (χ2v) is 3.42. The van der Waals surface area contributed by atoms with Crippen LogP contribution < -0.4 is 0 Å². The minimum absolute atomic E-state index is 0.214. The fraction of sp³-hybridized carbons (Fsp3) is 1.00. The summed E-state index contributed by atoms with van der Waals surface area (Å²) in [4.78, 5) is 0. The molecule has 0 heterocycles. The standard InChI is InChI=1S/C9H16F4O3/c1-3-16-6-8(5-14,15-2)4-9(12,13)7(10)11/h7,14H,3-6H2,1-2H3. The van der Waals surface area contributed by atoms with Crippen molar-refractivity contribution in [3.63, 3.8) is 0 Å². The van der Waals surface area contributed by atoms with Crippen LogP contribution in [-0.2, 0) is 9.47 Å². The lowest BCUT2D eigenvalue weighted by atomic mass is 9.97. The molecule has 0 aromatic rings. The first-order valence-corrected chi connectivity index (χ1v) is 4.73. The van der Waals surface area contributed by atoms with E-state index in [0.29, 0.717) is 0 Å². The third-order valence-electron chi connectivity index (χ3n) is 2.17. The average molecular weight is 248 g/mol. The molecule has 0 aromatic heterocycles. The molecule has 7 heteroatoms. The van der Waals surface area contributed by atoms with Crippen molar-refractivity contribution >= 4 is 0 Å². The molecule has 1 atom stereocenters. The molecule has 0 aliphatic carbocycles. The largest absolute Gasteiger partial charge is 0.393 e. The average Bonchev–Trinajstić information content (AvgIpc) is 2.24. The van der Waals surface area contributed by atoms with Crippen molar-refractivity contribution in [3.8, 4) is 0 Å². The van der Waals surface area contributed by atoms with Gasteiger partial charge >= 0.3 is 12.3 Å². The van der Waals surface area contributed by atoms with Gasteiger partial charge in [-0.15, -0.1) is 0 Å².